The van der Waals surface area contributed by atoms with Crippen molar-refractivity contribution in [2.24, 2.45) is 0 Å². The van der Waals surface area contributed by atoms with E-state index in [4.69, 9.17) is 0 Å². The molecule has 1 aromatic rings. The lowest BCUT2D eigenvalue weighted by Crippen LogP contribution is -1.90. The first-order valence-corrected chi connectivity index (χ1v) is 3.41. The average molecular weight is 186 g/mol. The fraction of sp³-hybridized carbons (Fsp3) is 0. The zero-order valence-corrected chi connectivity index (χ0v) is 6.43. The van der Waals surface area contributed by atoms with Crippen molar-refractivity contribution in [2.45, 2.75) is 0 Å². The minimum absolute atomic E-state index is 0.100. The maximum atomic E-state index is 12.5. The van der Waals surface area contributed by atoms with Gasteiger partial charge in [-0.1, -0.05) is 6.08 Å². The normalized spacial score (nSPS) is 10.7. The van der Waals surface area contributed by atoms with Crippen molar-refractivity contribution in [1.29, 1.82) is 0 Å². The van der Waals surface area contributed by atoms with E-state index < -0.39 is 17.5 Å². The summed E-state index contributed by atoms with van der Waals surface area (Å²) in [5.74, 6) is -4.06. The van der Waals surface area contributed by atoms with Gasteiger partial charge >= 0.3 is 0 Å². The Labute approximate surface area is 72.5 Å². The number of allylic oxidation sites excluding steroid dienone is 1. The van der Waals surface area contributed by atoms with Crippen LogP contribution in [-0.4, -0.2) is 6.29 Å². The van der Waals surface area contributed by atoms with Crippen LogP contribution in [0.4, 0.5) is 13.2 Å². The number of hydrogen-bond acceptors (Lipinski definition) is 1. The van der Waals surface area contributed by atoms with Gasteiger partial charge in [-0.15, -0.1) is 0 Å². The molecule has 4 heteroatoms. The first-order chi connectivity index (χ1) is 6.15. The molecule has 0 aliphatic rings. The van der Waals surface area contributed by atoms with Gasteiger partial charge in [0.25, 0.3) is 0 Å². The highest BCUT2D eigenvalue weighted by Crippen LogP contribution is 2.14. The minimum Gasteiger partial charge on any atom is -0.299 e. The molecule has 0 saturated carbocycles. The maximum Gasteiger partial charge on any atom is 0.194 e. The zero-order valence-electron chi connectivity index (χ0n) is 6.43. The highest BCUT2D eigenvalue weighted by Gasteiger charge is 2.08. The summed E-state index contributed by atoms with van der Waals surface area (Å²) >= 11 is 0. The van der Waals surface area contributed by atoms with Crippen LogP contribution in [0.5, 0.6) is 0 Å². The van der Waals surface area contributed by atoms with Crippen LogP contribution in [0.25, 0.3) is 6.08 Å². The van der Waals surface area contributed by atoms with Gasteiger partial charge in [0.05, 0.1) is 0 Å². The third-order valence-corrected chi connectivity index (χ3v) is 1.37. The smallest absolute Gasteiger partial charge is 0.194 e. The largest absolute Gasteiger partial charge is 0.299 e. The van der Waals surface area contributed by atoms with E-state index in [9.17, 15) is 18.0 Å². The molecule has 0 saturated heterocycles. The van der Waals surface area contributed by atoms with Crippen molar-refractivity contribution in [3.8, 4) is 0 Å². The molecular formula is C9H5F3O. The second kappa shape index (κ2) is 3.89. The van der Waals surface area contributed by atoms with Crippen molar-refractivity contribution in [2.75, 3.05) is 0 Å². The lowest BCUT2D eigenvalue weighted by Gasteiger charge is -1.96. The van der Waals surface area contributed by atoms with E-state index in [2.05, 4.69) is 0 Å². The van der Waals surface area contributed by atoms with Gasteiger partial charge in [-0.2, -0.15) is 0 Å². The Morgan fingerprint density at radius 3 is 2.08 bits per heavy atom. The predicted molar refractivity (Wildman–Crippen MR) is 41.4 cm³/mol. The molecule has 13 heavy (non-hydrogen) atoms. The molecule has 0 fully saturated rings. The molecule has 0 heterocycles. The first-order valence-electron chi connectivity index (χ1n) is 3.41. The third kappa shape index (κ3) is 2.18. The van der Waals surface area contributed by atoms with Crippen LogP contribution in [-0.2, 0) is 4.79 Å². The van der Waals surface area contributed by atoms with Gasteiger partial charge in [0.1, 0.15) is 6.29 Å². The molecule has 0 spiro atoms. The van der Waals surface area contributed by atoms with Crippen LogP contribution in [0, 0.1) is 17.5 Å². The standard InChI is InChI=1S/C9H5F3O/c10-7-4-6(2-1-3-13)5-8(11)9(7)12/h1-5H/b2-1+. The first kappa shape index (κ1) is 9.51. The Kier molecular flexibility index (Phi) is 2.84. The number of halogens is 3. The molecular weight excluding hydrogens is 181 g/mol. The molecule has 0 aliphatic heterocycles. The van der Waals surface area contributed by atoms with Gasteiger partial charge < -0.3 is 0 Å². The summed E-state index contributed by atoms with van der Waals surface area (Å²) in [7, 11) is 0. The second-order valence-corrected chi connectivity index (χ2v) is 2.29. The van der Waals surface area contributed by atoms with Gasteiger partial charge in [0.15, 0.2) is 17.5 Å². The Balaban J connectivity index is 3.12. The summed E-state index contributed by atoms with van der Waals surface area (Å²) in [6.07, 6.45) is 2.70. The summed E-state index contributed by atoms with van der Waals surface area (Å²) in [4.78, 5) is 9.87. The Bertz CT molecular complexity index is 335. The summed E-state index contributed by atoms with van der Waals surface area (Å²) in [5, 5.41) is 0. The van der Waals surface area contributed by atoms with E-state index in [-0.39, 0.29) is 5.56 Å². The molecule has 68 valence electrons. The molecule has 0 unspecified atom stereocenters. The summed E-state index contributed by atoms with van der Waals surface area (Å²) in [6, 6.07) is 1.61. The van der Waals surface area contributed by atoms with Crippen LogP contribution in [0.1, 0.15) is 5.56 Å². The van der Waals surface area contributed by atoms with Crippen LogP contribution >= 0.6 is 0 Å². The zero-order chi connectivity index (χ0) is 9.84. The number of aldehydes is 1. The average Bonchev–Trinajstić information content (AvgIpc) is 2.10. The van der Waals surface area contributed by atoms with Crippen LogP contribution < -0.4 is 0 Å². The second-order valence-electron chi connectivity index (χ2n) is 2.29. The van der Waals surface area contributed by atoms with Crippen molar-refractivity contribution in [3.05, 3.63) is 41.2 Å². The Morgan fingerprint density at radius 1 is 1.08 bits per heavy atom. The quantitative estimate of drug-likeness (QED) is 0.393. The Morgan fingerprint density at radius 2 is 1.62 bits per heavy atom. The molecule has 1 nitrogen and oxygen atoms in total. The van der Waals surface area contributed by atoms with E-state index in [1.54, 1.807) is 0 Å². The van der Waals surface area contributed by atoms with Gasteiger partial charge in [-0.05, 0) is 23.8 Å². The highest BCUT2D eigenvalue weighted by molar-refractivity contribution is 5.73. The van der Waals surface area contributed by atoms with Crippen molar-refractivity contribution in [1.82, 2.24) is 0 Å². The molecule has 0 aromatic heterocycles. The SMILES string of the molecule is O=C/C=C/c1cc(F)c(F)c(F)c1. The van der Waals surface area contributed by atoms with Gasteiger partial charge in [0, 0.05) is 0 Å². The number of carbonyl (C=O) groups excluding carboxylic acids is 1. The molecule has 1 aromatic carbocycles. The van der Waals surface area contributed by atoms with E-state index in [0.717, 1.165) is 18.2 Å². The molecule has 0 radical (unpaired) electrons. The van der Waals surface area contributed by atoms with Crippen LogP contribution in [0.3, 0.4) is 0 Å². The van der Waals surface area contributed by atoms with E-state index in [0.29, 0.717) is 6.29 Å². The van der Waals surface area contributed by atoms with Crippen LogP contribution in [0.2, 0.25) is 0 Å². The Hall–Kier alpha value is -1.58. The van der Waals surface area contributed by atoms with Gasteiger partial charge in [0.2, 0.25) is 0 Å². The monoisotopic (exact) mass is 186 g/mol. The topological polar surface area (TPSA) is 17.1 Å². The molecule has 0 amide bonds. The predicted octanol–water partition coefficient (Wildman–Crippen LogP) is 2.32. The number of rotatable bonds is 2. The number of carbonyl (C=O) groups is 1. The van der Waals surface area contributed by atoms with Gasteiger partial charge in [-0.25, -0.2) is 13.2 Å². The molecule has 0 bridgehead atoms. The van der Waals surface area contributed by atoms with E-state index in [1.807, 2.05) is 0 Å². The lowest BCUT2D eigenvalue weighted by molar-refractivity contribution is -0.104. The number of hydrogen-bond donors (Lipinski definition) is 0. The van der Waals surface area contributed by atoms with Crippen molar-refractivity contribution in [3.63, 3.8) is 0 Å². The highest BCUT2D eigenvalue weighted by atomic mass is 19.2. The summed E-state index contributed by atoms with van der Waals surface area (Å²) < 4.78 is 37.4. The molecule has 0 aliphatic carbocycles. The van der Waals surface area contributed by atoms with Crippen molar-refractivity contribution >= 4 is 12.4 Å². The maximum absolute atomic E-state index is 12.5. The fourth-order valence-corrected chi connectivity index (χ4v) is 0.822. The number of benzene rings is 1. The minimum atomic E-state index is -1.51. The van der Waals surface area contributed by atoms with Crippen LogP contribution in [0.15, 0.2) is 18.2 Å². The third-order valence-electron chi connectivity index (χ3n) is 1.37. The van der Waals surface area contributed by atoms with E-state index in [1.165, 1.54) is 6.08 Å². The molecule has 0 atom stereocenters. The lowest BCUT2D eigenvalue weighted by atomic mass is 10.2. The van der Waals surface area contributed by atoms with Gasteiger partial charge in [-0.3, -0.25) is 4.79 Å². The van der Waals surface area contributed by atoms with Crippen molar-refractivity contribution < 1.29 is 18.0 Å². The van der Waals surface area contributed by atoms with E-state index >= 15 is 0 Å². The molecule has 1 rings (SSSR count). The fourth-order valence-electron chi connectivity index (χ4n) is 0.822. The molecule has 0 N–H and O–H groups in total. The summed E-state index contributed by atoms with van der Waals surface area (Å²) in [5.41, 5.74) is 0.100. The summed E-state index contributed by atoms with van der Waals surface area (Å²) in [6.45, 7) is 0.